The zero-order chi connectivity index (χ0) is 12.3. The van der Waals surface area contributed by atoms with Crippen LogP contribution in [0, 0.1) is 17.6 Å². The Balaban J connectivity index is 2.05. The lowest BCUT2D eigenvalue weighted by Gasteiger charge is -2.24. The third-order valence-electron chi connectivity index (χ3n) is 3.30. The molecule has 1 saturated heterocycles. The highest BCUT2D eigenvalue weighted by Gasteiger charge is 2.22. The van der Waals surface area contributed by atoms with Gasteiger partial charge in [0.2, 0.25) is 0 Å². The Bertz CT molecular complexity index is 357. The molecule has 1 unspecified atom stereocenters. The Hall–Kier alpha value is -0.610. The number of thioether (sulfide) groups is 1. The number of halogens is 2. The van der Waals surface area contributed by atoms with Crippen LogP contribution in [-0.4, -0.2) is 11.5 Å². The number of rotatable bonds is 3. The third-order valence-corrected chi connectivity index (χ3v) is 4.35. The molecule has 0 aliphatic carbocycles. The first kappa shape index (κ1) is 12.8. The molecule has 0 saturated carbocycles. The van der Waals surface area contributed by atoms with Crippen LogP contribution in [0.25, 0.3) is 0 Å². The number of nitrogens with two attached hydrogens (primary N) is 1. The van der Waals surface area contributed by atoms with Crippen molar-refractivity contribution in [2.24, 2.45) is 11.7 Å². The Morgan fingerprint density at radius 1 is 1.24 bits per heavy atom. The fourth-order valence-electron chi connectivity index (χ4n) is 2.32. The first-order valence-corrected chi connectivity index (χ1v) is 7.11. The van der Waals surface area contributed by atoms with Crippen molar-refractivity contribution in [3.8, 4) is 0 Å². The van der Waals surface area contributed by atoms with E-state index in [1.54, 1.807) is 0 Å². The third kappa shape index (κ3) is 3.19. The second kappa shape index (κ2) is 5.83. The van der Waals surface area contributed by atoms with E-state index in [4.69, 9.17) is 5.73 Å². The lowest BCUT2D eigenvalue weighted by atomic mass is 9.91. The summed E-state index contributed by atoms with van der Waals surface area (Å²) >= 11 is 1.94. The maximum atomic E-state index is 13.5. The summed E-state index contributed by atoms with van der Waals surface area (Å²) < 4.78 is 27.1. The van der Waals surface area contributed by atoms with Gasteiger partial charge in [-0.25, -0.2) is 8.78 Å². The summed E-state index contributed by atoms with van der Waals surface area (Å²) in [6, 6.07) is 3.39. The minimum atomic E-state index is -0.525. The molecule has 94 valence electrons. The van der Waals surface area contributed by atoms with Crippen molar-refractivity contribution in [3.63, 3.8) is 0 Å². The van der Waals surface area contributed by atoms with Crippen molar-refractivity contribution in [2.45, 2.75) is 25.3 Å². The zero-order valence-corrected chi connectivity index (χ0v) is 10.5. The van der Waals surface area contributed by atoms with Gasteiger partial charge in [0.15, 0.2) is 0 Å². The van der Waals surface area contributed by atoms with Crippen LogP contribution < -0.4 is 5.73 Å². The monoisotopic (exact) mass is 257 g/mol. The lowest BCUT2D eigenvalue weighted by Crippen LogP contribution is -2.20. The summed E-state index contributed by atoms with van der Waals surface area (Å²) in [5.41, 5.74) is 5.99. The van der Waals surface area contributed by atoms with Gasteiger partial charge in [-0.1, -0.05) is 6.07 Å². The van der Waals surface area contributed by atoms with Gasteiger partial charge in [0.25, 0.3) is 0 Å². The number of benzene rings is 1. The highest BCUT2D eigenvalue weighted by Crippen LogP contribution is 2.31. The Labute approximate surface area is 105 Å². The van der Waals surface area contributed by atoms with Crippen molar-refractivity contribution >= 4 is 11.8 Å². The molecule has 1 fully saturated rings. The van der Waals surface area contributed by atoms with Crippen LogP contribution in [0.3, 0.4) is 0 Å². The molecule has 17 heavy (non-hydrogen) atoms. The summed E-state index contributed by atoms with van der Waals surface area (Å²) in [5, 5.41) is 0. The summed E-state index contributed by atoms with van der Waals surface area (Å²) in [6.45, 7) is 0. The maximum absolute atomic E-state index is 13.5. The van der Waals surface area contributed by atoms with Gasteiger partial charge in [0.05, 0.1) is 0 Å². The smallest absolute Gasteiger partial charge is 0.130 e. The van der Waals surface area contributed by atoms with Gasteiger partial charge in [-0.05, 0) is 48.8 Å². The molecule has 4 heteroatoms. The molecule has 2 N–H and O–H groups in total. The van der Waals surface area contributed by atoms with Crippen LogP contribution in [0.15, 0.2) is 18.2 Å². The van der Waals surface area contributed by atoms with E-state index in [0.717, 1.165) is 24.3 Å². The first-order valence-electron chi connectivity index (χ1n) is 5.95. The molecule has 1 aromatic rings. The van der Waals surface area contributed by atoms with Crippen molar-refractivity contribution in [2.75, 3.05) is 11.5 Å². The van der Waals surface area contributed by atoms with Crippen LogP contribution in [0.4, 0.5) is 8.78 Å². The van der Waals surface area contributed by atoms with Gasteiger partial charge < -0.3 is 5.73 Å². The molecule has 1 heterocycles. The van der Waals surface area contributed by atoms with Crippen molar-refractivity contribution in [3.05, 3.63) is 35.4 Å². The van der Waals surface area contributed by atoms with E-state index in [1.807, 2.05) is 11.8 Å². The molecule has 1 aliphatic rings. The van der Waals surface area contributed by atoms with Crippen molar-refractivity contribution in [1.82, 2.24) is 0 Å². The first-order chi connectivity index (χ1) is 8.18. The van der Waals surface area contributed by atoms with E-state index in [2.05, 4.69) is 0 Å². The molecule has 2 rings (SSSR count). The van der Waals surface area contributed by atoms with Gasteiger partial charge in [-0.3, -0.25) is 0 Å². The molecular weight excluding hydrogens is 240 g/mol. The van der Waals surface area contributed by atoms with Crippen LogP contribution in [0.2, 0.25) is 0 Å². The average molecular weight is 257 g/mol. The van der Waals surface area contributed by atoms with E-state index < -0.39 is 17.7 Å². The molecule has 0 spiro atoms. The summed E-state index contributed by atoms with van der Waals surface area (Å²) in [6.07, 6.45) is 2.89. The molecule has 0 aromatic heterocycles. The van der Waals surface area contributed by atoms with E-state index in [9.17, 15) is 8.78 Å². The van der Waals surface area contributed by atoms with Gasteiger partial charge >= 0.3 is 0 Å². The SMILES string of the molecule is NC(CC1CCSCC1)c1c(F)cccc1F. The van der Waals surface area contributed by atoms with Crippen molar-refractivity contribution < 1.29 is 8.78 Å². The van der Waals surface area contributed by atoms with E-state index in [0.29, 0.717) is 12.3 Å². The van der Waals surface area contributed by atoms with E-state index in [-0.39, 0.29) is 5.56 Å². The van der Waals surface area contributed by atoms with Crippen LogP contribution in [0.5, 0.6) is 0 Å². The largest absolute Gasteiger partial charge is 0.324 e. The van der Waals surface area contributed by atoms with Crippen molar-refractivity contribution in [1.29, 1.82) is 0 Å². The molecule has 1 nitrogen and oxygen atoms in total. The highest BCUT2D eigenvalue weighted by molar-refractivity contribution is 7.99. The minimum Gasteiger partial charge on any atom is -0.324 e. The zero-order valence-electron chi connectivity index (χ0n) is 9.66. The number of hydrogen-bond donors (Lipinski definition) is 1. The van der Waals surface area contributed by atoms with Crippen LogP contribution in [0.1, 0.15) is 30.9 Å². The maximum Gasteiger partial charge on any atom is 0.130 e. The number of hydrogen-bond acceptors (Lipinski definition) is 2. The summed E-state index contributed by atoms with van der Waals surface area (Å²) in [4.78, 5) is 0. The molecule has 1 aromatic carbocycles. The second-order valence-corrected chi connectivity index (χ2v) is 5.76. The highest BCUT2D eigenvalue weighted by atomic mass is 32.2. The normalized spacial score (nSPS) is 19.2. The average Bonchev–Trinajstić information content (AvgIpc) is 2.30. The molecule has 0 amide bonds. The van der Waals surface area contributed by atoms with Gasteiger partial charge in [0, 0.05) is 11.6 Å². The predicted octanol–water partition coefficient (Wildman–Crippen LogP) is 3.50. The Kier molecular flexibility index (Phi) is 4.40. The van der Waals surface area contributed by atoms with Crippen LogP contribution >= 0.6 is 11.8 Å². The predicted molar refractivity (Wildman–Crippen MR) is 68.0 cm³/mol. The quantitative estimate of drug-likeness (QED) is 0.897. The molecule has 0 radical (unpaired) electrons. The molecule has 1 aliphatic heterocycles. The Morgan fingerprint density at radius 2 is 1.82 bits per heavy atom. The second-order valence-electron chi connectivity index (χ2n) is 4.53. The summed E-state index contributed by atoms with van der Waals surface area (Å²) in [5.74, 6) is 1.73. The molecule has 1 atom stereocenters. The van der Waals surface area contributed by atoms with Gasteiger partial charge in [-0.15, -0.1) is 0 Å². The summed E-state index contributed by atoms with van der Waals surface area (Å²) in [7, 11) is 0. The van der Waals surface area contributed by atoms with Crippen LogP contribution in [-0.2, 0) is 0 Å². The standard InChI is InChI=1S/C13H17F2NS/c14-10-2-1-3-11(15)13(10)12(16)8-9-4-6-17-7-5-9/h1-3,9,12H,4-8,16H2. The van der Waals surface area contributed by atoms with Gasteiger partial charge in [-0.2, -0.15) is 11.8 Å². The van der Waals surface area contributed by atoms with E-state index in [1.165, 1.54) is 18.2 Å². The van der Waals surface area contributed by atoms with Gasteiger partial charge in [0.1, 0.15) is 11.6 Å². The fourth-order valence-corrected chi connectivity index (χ4v) is 3.53. The Morgan fingerprint density at radius 3 is 2.41 bits per heavy atom. The minimum absolute atomic E-state index is 0.0470. The van der Waals surface area contributed by atoms with E-state index >= 15 is 0 Å². The fraction of sp³-hybridized carbons (Fsp3) is 0.538. The molecule has 0 bridgehead atoms. The molecular formula is C13H17F2NS. The lowest BCUT2D eigenvalue weighted by molar-refractivity contribution is 0.397. The topological polar surface area (TPSA) is 26.0 Å².